The Hall–Kier alpha value is -2.80. The van der Waals surface area contributed by atoms with Crippen LogP contribution in [0.3, 0.4) is 0 Å². The van der Waals surface area contributed by atoms with Gasteiger partial charge in [-0.05, 0) is 17.5 Å². The van der Waals surface area contributed by atoms with Gasteiger partial charge in [0, 0.05) is 36.6 Å². The molecule has 9 nitrogen and oxygen atoms in total. The number of azide groups is 1. The monoisotopic (exact) mass is 276 g/mol. The minimum Gasteiger partial charge on any atom is -0.397 e. The number of nitro benzene ring substituents is 1. The number of rotatable bonds is 4. The Morgan fingerprint density at radius 1 is 1.60 bits per heavy atom. The van der Waals surface area contributed by atoms with Crippen molar-refractivity contribution in [3.05, 3.63) is 38.8 Å². The van der Waals surface area contributed by atoms with E-state index in [1.165, 1.54) is 23.1 Å². The summed E-state index contributed by atoms with van der Waals surface area (Å²) in [7, 11) is 0. The fourth-order valence-corrected chi connectivity index (χ4v) is 2.17. The van der Waals surface area contributed by atoms with Crippen molar-refractivity contribution in [3.63, 3.8) is 0 Å². The van der Waals surface area contributed by atoms with E-state index in [1.54, 1.807) is 0 Å². The molecule has 0 saturated carbocycles. The van der Waals surface area contributed by atoms with Crippen LogP contribution in [0.2, 0.25) is 0 Å². The SMILES string of the molecule is [N-]=[N+]=NCC1CC(=O)N(c2cc([N+](=O)[O-])ccc2N)C1. The summed E-state index contributed by atoms with van der Waals surface area (Å²) >= 11 is 0. The molecule has 0 spiro atoms. The van der Waals surface area contributed by atoms with Gasteiger partial charge in [-0.1, -0.05) is 5.11 Å². The van der Waals surface area contributed by atoms with Crippen molar-refractivity contribution in [1.82, 2.24) is 0 Å². The second kappa shape index (κ2) is 5.45. The van der Waals surface area contributed by atoms with Gasteiger partial charge < -0.3 is 10.6 Å². The number of carbonyl (C=O) groups excluding carboxylic acids is 1. The molecule has 20 heavy (non-hydrogen) atoms. The molecule has 1 unspecified atom stereocenters. The fourth-order valence-electron chi connectivity index (χ4n) is 2.17. The number of amides is 1. The van der Waals surface area contributed by atoms with Gasteiger partial charge in [-0.3, -0.25) is 14.9 Å². The average Bonchev–Trinajstić information content (AvgIpc) is 2.77. The highest BCUT2D eigenvalue weighted by Crippen LogP contribution is 2.32. The van der Waals surface area contributed by atoms with E-state index in [1.807, 2.05) is 0 Å². The zero-order chi connectivity index (χ0) is 14.7. The molecule has 1 aliphatic heterocycles. The molecule has 1 fully saturated rings. The van der Waals surface area contributed by atoms with Crippen LogP contribution < -0.4 is 10.6 Å². The molecule has 0 radical (unpaired) electrons. The fraction of sp³-hybridized carbons (Fsp3) is 0.364. The van der Waals surface area contributed by atoms with Crippen LogP contribution in [0.4, 0.5) is 17.1 Å². The van der Waals surface area contributed by atoms with Gasteiger partial charge >= 0.3 is 0 Å². The number of anilines is 2. The molecule has 1 aliphatic rings. The van der Waals surface area contributed by atoms with Gasteiger partial charge in [0.2, 0.25) is 5.91 Å². The Morgan fingerprint density at radius 3 is 3.00 bits per heavy atom. The summed E-state index contributed by atoms with van der Waals surface area (Å²) in [4.78, 5) is 26.2. The maximum atomic E-state index is 11.9. The normalized spacial score (nSPS) is 17.9. The lowest BCUT2D eigenvalue weighted by Gasteiger charge is -2.18. The van der Waals surface area contributed by atoms with Gasteiger partial charge in [0.25, 0.3) is 5.69 Å². The van der Waals surface area contributed by atoms with Gasteiger partial charge in [-0.25, -0.2) is 0 Å². The average molecular weight is 276 g/mol. The Kier molecular flexibility index (Phi) is 3.72. The molecule has 1 aromatic rings. The number of non-ortho nitro benzene ring substituents is 1. The van der Waals surface area contributed by atoms with E-state index in [0.717, 1.165) is 0 Å². The number of nitrogens with zero attached hydrogens (tertiary/aromatic N) is 5. The van der Waals surface area contributed by atoms with E-state index in [0.29, 0.717) is 17.9 Å². The van der Waals surface area contributed by atoms with Gasteiger partial charge in [0.15, 0.2) is 0 Å². The van der Waals surface area contributed by atoms with Crippen LogP contribution in [0.25, 0.3) is 10.4 Å². The third-order valence-corrected chi connectivity index (χ3v) is 3.12. The summed E-state index contributed by atoms with van der Waals surface area (Å²) in [5, 5.41) is 14.2. The highest BCUT2D eigenvalue weighted by Gasteiger charge is 2.31. The predicted octanol–water partition coefficient (Wildman–Crippen LogP) is 1.84. The molecule has 2 N–H and O–H groups in total. The summed E-state index contributed by atoms with van der Waals surface area (Å²) in [5.74, 6) is -0.285. The van der Waals surface area contributed by atoms with Crippen molar-refractivity contribution >= 4 is 23.0 Å². The van der Waals surface area contributed by atoms with Crippen molar-refractivity contribution in [1.29, 1.82) is 0 Å². The molecule has 2 rings (SSSR count). The Bertz CT molecular complexity index is 610. The molecule has 1 amide bonds. The van der Waals surface area contributed by atoms with Crippen LogP contribution >= 0.6 is 0 Å². The molecule has 104 valence electrons. The Labute approximate surface area is 113 Å². The van der Waals surface area contributed by atoms with E-state index in [2.05, 4.69) is 10.0 Å². The van der Waals surface area contributed by atoms with Crippen molar-refractivity contribution in [3.8, 4) is 0 Å². The molecule has 9 heteroatoms. The summed E-state index contributed by atoms with van der Waals surface area (Å²) in [6.07, 6.45) is 0.237. The molecule has 1 saturated heterocycles. The van der Waals surface area contributed by atoms with Crippen LogP contribution in [-0.4, -0.2) is 23.9 Å². The Balaban J connectivity index is 2.27. The molecule has 0 bridgehead atoms. The minimum absolute atomic E-state index is 0.0999. The largest absolute Gasteiger partial charge is 0.397 e. The third-order valence-electron chi connectivity index (χ3n) is 3.12. The number of nitrogen functional groups attached to an aromatic ring is 1. The van der Waals surface area contributed by atoms with Crippen molar-refractivity contribution in [2.45, 2.75) is 6.42 Å². The van der Waals surface area contributed by atoms with Gasteiger partial charge in [0.05, 0.1) is 16.3 Å². The van der Waals surface area contributed by atoms with E-state index < -0.39 is 4.92 Å². The molecule has 0 aliphatic carbocycles. The first kappa shape index (κ1) is 13.6. The number of carbonyl (C=O) groups is 1. The quantitative estimate of drug-likeness (QED) is 0.224. The van der Waals surface area contributed by atoms with Crippen LogP contribution in [0.5, 0.6) is 0 Å². The van der Waals surface area contributed by atoms with Crippen LogP contribution in [0.15, 0.2) is 23.3 Å². The highest BCUT2D eigenvalue weighted by molar-refractivity contribution is 5.98. The van der Waals surface area contributed by atoms with E-state index >= 15 is 0 Å². The Morgan fingerprint density at radius 2 is 2.35 bits per heavy atom. The number of nitro groups is 1. The summed E-state index contributed by atoms with van der Waals surface area (Å²) < 4.78 is 0. The molecule has 1 heterocycles. The first-order valence-corrected chi connectivity index (χ1v) is 5.88. The summed E-state index contributed by atoms with van der Waals surface area (Å²) in [6.45, 7) is 0.552. The maximum absolute atomic E-state index is 11.9. The molecular weight excluding hydrogens is 264 g/mol. The van der Waals surface area contributed by atoms with Crippen LogP contribution in [0.1, 0.15) is 6.42 Å². The first-order valence-electron chi connectivity index (χ1n) is 5.88. The topological polar surface area (TPSA) is 138 Å². The second-order valence-electron chi connectivity index (χ2n) is 4.49. The molecule has 1 aromatic carbocycles. The minimum atomic E-state index is -0.541. The number of hydrogen-bond donors (Lipinski definition) is 1. The standard InChI is InChI=1S/C11H12N6O3/c12-9-2-1-8(17(19)20)4-10(9)16-6-7(3-11(16)18)5-14-15-13/h1-2,4,7H,3,5-6,12H2. The van der Waals surface area contributed by atoms with E-state index in [4.69, 9.17) is 11.3 Å². The zero-order valence-electron chi connectivity index (χ0n) is 10.5. The number of hydrogen-bond acceptors (Lipinski definition) is 5. The predicted molar refractivity (Wildman–Crippen MR) is 72.0 cm³/mol. The summed E-state index contributed by atoms with van der Waals surface area (Å²) in [5.41, 5.74) is 14.6. The van der Waals surface area contributed by atoms with E-state index in [9.17, 15) is 14.9 Å². The van der Waals surface area contributed by atoms with Gasteiger partial charge in [-0.2, -0.15) is 0 Å². The maximum Gasteiger partial charge on any atom is 0.271 e. The third kappa shape index (κ3) is 2.62. The van der Waals surface area contributed by atoms with Crippen molar-refractivity contribution in [2.75, 3.05) is 23.7 Å². The van der Waals surface area contributed by atoms with E-state index in [-0.39, 0.29) is 30.5 Å². The van der Waals surface area contributed by atoms with Crippen LogP contribution in [-0.2, 0) is 4.79 Å². The van der Waals surface area contributed by atoms with Gasteiger partial charge in [0.1, 0.15) is 0 Å². The van der Waals surface area contributed by atoms with Crippen molar-refractivity contribution in [2.24, 2.45) is 11.0 Å². The molecular formula is C11H12N6O3. The molecule has 1 atom stereocenters. The lowest BCUT2D eigenvalue weighted by molar-refractivity contribution is -0.384. The molecule has 0 aromatic heterocycles. The lowest BCUT2D eigenvalue weighted by atomic mass is 10.1. The zero-order valence-corrected chi connectivity index (χ0v) is 10.5. The van der Waals surface area contributed by atoms with Crippen molar-refractivity contribution < 1.29 is 9.72 Å². The lowest BCUT2D eigenvalue weighted by Crippen LogP contribution is -2.25. The number of benzene rings is 1. The first-order chi connectivity index (χ1) is 9.52. The smallest absolute Gasteiger partial charge is 0.271 e. The highest BCUT2D eigenvalue weighted by atomic mass is 16.6. The number of nitrogens with two attached hydrogens (primary N) is 1. The van der Waals surface area contributed by atoms with Gasteiger partial charge in [-0.15, -0.1) is 0 Å². The second-order valence-corrected chi connectivity index (χ2v) is 4.49. The van der Waals surface area contributed by atoms with Crippen LogP contribution in [0, 0.1) is 16.0 Å². The summed E-state index contributed by atoms with van der Waals surface area (Å²) in [6, 6.07) is 3.97.